The van der Waals surface area contributed by atoms with E-state index in [4.69, 9.17) is 0 Å². The number of benzene rings is 1. The molecule has 20 heavy (non-hydrogen) atoms. The summed E-state index contributed by atoms with van der Waals surface area (Å²) in [5, 5.41) is 3.46. The van der Waals surface area contributed by atoms with Crippen molar-refractivity contribution in [1.82, 2.24) is 10.2 Å². The van der Waals surface area contributed by atoms with Gasteiger partial charge in [0.25, 0.3) is 0 Å². The summed E-state index contributed by atoms with van der Waals surface area (Å²) in [5.74, 6) is 0. The van der Waals surface area contributed by atoms with Gasteiger partial charge in [0.05, 0.1) is 0 Å². The molecular weight excluding hydrogens is 244 g/mol. The minimum Gasteiger partial charge on any atom is -0.314 e. The van der Waals surface area contributed by atoms with Crippen molar-refractivity contribution >= 4 is 0 Å². The Morgan fingerprint density at radius 1 is 0.850 bits per heavy atom. The number of hydrogen-bond acceptors (Lipinski definition) is 2. The van der Waals surface area contributed by atoms with Crippen molar-refractivity contribution in [2.45, 2.75) is 54.0 Å². The smallest absolute Gasteiger partial charge is 0.0352 e. The van der Waals surface area contributed by atoms with Gasteiger partial charge < -0.3 is 5.32 Å². The normalized spacial score (nSPS) is 18.3. The highest BCUT2D eigenvalue weighted by atomic mass is 15.2. The van der Waals surface area contributed by atoms with Crippen LogP contribution in [0, 0.1) is 34.6 Å². The third-order valence-electron chi connectivity index (χ3n) is 5.37. The molecule has 0 spiro atoms. The molecule has 0 amide bonds. The monoisotopic (exact) mass is 274 g/mol. The molecule has 1 aromatic rings. The number of piperazine rings is 1. The van der Waals surface area contributed by atoms with Crippen LogP contribution in [-0.2, 0) is 0 Å². The van der Waals surface area contributed by atoms with Crippen molar-refractivity contribution < 1.29 is 0 Å². The minimum atomic E-state index is 0.579. The molecule has 2 nitrogen and oxygen atoms in total. The van der Waals surface area contributed by atoms with Crippen LogP contribution in [0.2, 0.25) is 0 Å². The van der Waals surface area contributed by atoms with Crippen LogP contribution in [-0.4, -0.2) is 31.1 Å². The Morgan fingerprint density at radius 3 is 1.75 bits per heavy atom. The minimum absolute atomic E-state index is 0.579. The zero-order valence-electron chi connectivity index (χ0n) is 14.1. The summed E-state index contributed by atoms with van der Waals surface area (Å²) in [6, 6.07) is 0.579. The summed E-state index contributed by atoms with van der Waals surface area (Å²) in [6.07, 6.45) is 1.20. The SMILES string of the molecule is CC[C@H](c1c(C)c(C)c(C)c(C)c1C)N1CCNCC1. The topological polar surface area (TPSA) is 15.3 Å². The first-order valence-electron chi connectivity index (χ1n) is 8.00. The molecule has 2 rings (SSSR count). The van der Waals surface area contributed by atoms with Gasteiger partial charge in [-0.1, -0.05) is 6.92 Å². The molecule has 0 bridgehead atoms. The predicted molar refractivity (Wildman–Crippen MR) is 87.6 cm³/mol. The summed E-state index contributed by atoms with van der Waals surface area (Å²) in [6.45, 7) is 18.4. The Bertz CT molecular complexity index is 456. The van der Waals surface area contributed by atoms with Crippen molar-refractivity contribution in [3.8, 4) is 0 Å². The van der Waals surface area contributed by atoms with Crippen LogP contribution >= 0.6 is 0 Å². The van der Waals surface area contributed by atoms with E-state index in [-0.39, 0.29) is 0 Å². The van der Waals surface area contributed by atoms with Crippen molar-refractivity contribution in [3.63, 3.8) is 0 Å². The molecule has 0 saturated carbocycles. The first kappa shape index (κ1) is 15.5. The number of nitrogens with zero attached hydrogens (tertiary/aromatic N) is 1. The zero-order valence-corrected chi connectivity index (χ0v) is 14.1. The largest absolute Gasteiger partial charge is 0.314 e. The molecule has 1 saturated heterocycles. The van der Waals surface area contributed by atoms with Crippen LogP contribution in [0.3, 0.4) is 0 Å². The van der Waals surface area contributed by atoms with Gasteiger partial charge in [-0.3, -0.25) is 4.90 Å². The quantitative estimate of drug-likeness (QED) is 0.906. The Morgan fingerprint density at radius 2 is 1.30 bits per heavy atom. The molecule has 1 fully saturated rings. The van der Waals surface area contributed by atoms with Gasteiger partial charge in [-0.2, -0.15) is 0 Å². The lowest BCUT2D eigenvalue weighted by atomic mass is 9.85. The van der Waals surface area contributed by atoms with E-state index in [2.05, 4.69) is 51.8 Å². The lowest BCUT2D eigenvalue weighted by Crippen LogP contribution is -2.45. The number of rotatable bonds is 3. The molecule has 1 aromatic carbocycles. The molecular formula is C18H30N2. The third kappa shape index (κ3) is 2.64. The Hall–Kier alpha value is -0.860. The van der Waals surface area contributed by atoms with Crippen LogP contribution in [0.5, 0.6) is 0 Å². The third-order valence-corrected chi connectivity index (χ3v) is 5.37. The summed E-state index contributed by atoms with van der Waals surface area (Å²) < 4.78 is 0. The lowest BCUT2D eigenvalue weighted by molar-refractivity contribution is 0.168. The van der Waals surface area contributed by atoms with Crippen molar-refractivity contribution in [2.75, 3.05) is 26.2 Å². The van der Waals surface area contributed by atoms with E-state index in [1.807, 2.05) is 0 Å². The van der Waals surface area contributed by atoms with E-state index in [1.165, 1.54) is 47.3 Å². The van der Waals surface area contributed by atoms with E-state index < -0.39 is 0 Å². The van der Waals surface area contributed by atoms with Gasteiger partial charge in [0, 0.05) is 32.2 Å². The second kappa shape index (κ2) is 6.28. The molecule has 0 aromatic heterocycles. The molecule has 0 aliphatic carbocycles. The molecule has 112 valence electrons. The fraction of sp³-hybridized carbons (Fsp3) is 0.667. The maximum absolute atomic E-state index is 3.46. The average molecular weight is 274 g/mol. The van der Waals surface area contributed by atoms with Gasteiger partial charge in [0.1, 0.15) is 0 Å². The summed E-state index contributed by atoms with van der Waals surface area (Å²) in [7, 11) is 0. The van der Waals surface area contributed by atoms with Gasteiger partial charge >= 0.3 is 0 Å². The standard InChI is InChI=1S/C18H30N2/c1-7-17(20-10-8-19-9-11-20)18-15(5)13(3)12(2)14(4)16(18)6/h17,19H,7-11H2,1-6H3/t17-/m1/s1. The van der Waals surface area contributed by atoms with Crippen LogP contribution in [0.4, 0.5) is 0 Å². The highest BCUT2D eigenvalue weighted by Crippen LogP contribution is 2.35. The zero-order chi connectivity index (χ0) is 14.9. The van der Waals surface area contributed by atoms with E-state index in [9.17, 15) is 0 Å². The molecule has 2 heteroatoms. The van der Waals surface area contributed by atoms with Crippen molar-refractivity contribution in [2.24, 2.45) is 0 Å². The molecule has 1 N–H and O–H groups in total. The average Bonchev–Trinajstić information content (AvgIpc) is 2.48. The molecule has 1 heterocycles. The fourth-order valence-electron chi connectivity index (χ4n) is 3.67. The maximum atomic E-state index is 3.46. The number of hydrogen-bond donors (Lipinski definition) is 1. The van der Waals surface area contributed by atoms with Gasteiger partial charge in [0.2, 0.25) is 0 Å². The summed E-state index contributed by atoms with van der Waals surface area (Å²) >= 11 is 0. The highest BCUT2D eigenvalue weighted by Gasteiger charge is 2.25. The van der Waals surface area contributed by atoms with Gasteiger partial charge in [-0.05, 0) is 74.4 Å². The molecule has 0 unspecified atom stereocenters. The van der Waals surface area contributed by atoms with Gasteiger partial charge in [0.15, 0.2) is 0 Å². The Balaban J connectivity index is 2.48. The van der Waals surface area contributed by atoms with E-state index in [1.54, 1.807) is 5.56 Å². The molecule has 1 aliphatic heterocycles. The van der Waals surface area contributed by atoms with E-state index in [0.717, 1.165) is 13.1 Å². The molecule has 0 radical (unpaired) electrons. The van der Waals surface area contributed by atoms with Crippen molar-refractivity contribution in [1.29, 1.82) is 0 Å². The van der Waals surface area contributed by atoms with Crippen LogP contribution < -0.4 is 5.32 Å². The van der Waals surface area contributed by atoms with Crippen molar-refractivity contribution in [3.05, 3.63) is 33.4 Å². The number of nitrogens with one attached hydrogen (secondary N) is 1. The summed E-state index contributed by atoms with van der Waals surface area (Å²) in [5.41, 5.74) is 9.05. The molecule has 1 atom stereocenters. The summed E-state index contributed by atoms with van der Waals surface area (Å²) in [4.78, 5) is 2.67. The first-order valence-corrected chi connectivity index (χ1v) is 8.00. The van der Waals surface area contributed by atoms with Crippen LogP contribution in [0.1, 0.15) is 52.8 Å². The Kier molecular flexibility index (Phi) is 4.87. The Labute approximate surface area is 124 Å². The maximum Gasteiger partial charge on any atom is 0.0352 e. The fourth-order valence-corrected chi connectivity index (χ4v) is 3.67. The van der Waals surface area contributed by atoms with Gasteiger partial charge in [-0.15, -0.1) is 0 Å². The highest BCUT2D eigenvalue weighted by molar-refractivity contribution is 5.50. The first-order chi connectivity index (χ1) is 9.49. The van der Waals surface area contributed by atoms with Gasteiger partial charge in [-0.25, -0.2) is 0 Å². The van der Waals surface area contributed by atoms with E-state index in [0.29, 0.717) is 6.04 Å². The van der Waals surface area contributed by atoms with Crippen LogP contribution in [0.15, 0.2) is 0 Å². The predicted octanol–water partition coefficient (Wildman–Crippen LogP) is 3.59. The van der Waals surface area contributed by atoms with E-state index >= 15 is 0 Å². The second-order valence-electron chi connectivity index (χ2n) is 6.25. The van der Waals surface area contributed by atoms with Crippen LogP contribution in [0.25, 0.3) is 0 Å². The molecule has 1 aliphatic rings. The lowest BCUT2D eigenvalue weighted by Gasteiger charge is -2.37. The second-order valence-corrected chi connectivity index (χ2v) is 6.25.